The Morgan fingerprint density at radius 1 is 0.885 bits per heavy atom. The van der Waals surface area contributed by atoms with Crippen molar-refractivity contribution in [2.24, 2.45) is 0 Å². The molecule has 2 aromatic rings. The summed E-state index contributed by atoms with van der Waals surface area (Å²) in [6.07, 6.45) is 2.61. The van der Waals surface area contributed by atoms with E-state index in [0.717, 1.165) is 5.56 Å². The first-order valence-electron chi connectivity index (χ1n) is 8.40. The zero-order valence-electron chi connectivity index (χ0n) is 15.9. The number of hydrogen-bond donors (Lipinski definition) is 1. The number of allylic oxidation sites excluding steroid dienone is 1. The summed E-state index contributed by atoms with van der Waals surface area (Å²) in [5.74, 6) is 2.50. The van der Waals surface area contributed by atoms with Gasteiger partial charge in [0.2, 0.25) is 0 Å². The van der Waals surface area contributed by atoms with Crippen LogP contribution in [-0.4, -0.2) is 32.5 Å². The van der Waals surface area contributed by atoms with Gasteiger partial charge >= 0.3 is 0 Å². The standard InChI is InChI=1S/C21H26O5/c1-6-7-15-10-17(23-3)13-18(11-15)26-14(2)21(22)16-8-9-19(24-4)20(12-16)25-5/h6-14,21-22H,1-5H3/b7-6+/t14-,21-/m0/s1. The van der Waals surface area contributed by atoms with Crippen LogP contribution in [0, 0.1) is 0 Å². The number of rotatable bonds is 8. The maximum Gasteiger partial charge on any atom is 0.161 e. The summed E-state index contributed by atoms with van der Waals surface area (Å²) in [7, 11) is 4.75. The average molecular weight is 358 g/mol. The summed E-state index contributed by atoms with van der Waals surface area (Å²) in [6.45, 7) is 3.76. The molecule has 0 aromatic heterocycles. The molecule has 5 nitrogen and oxygen atoms in total. The van der Waals surface area contributed by atoms with E-state index in [-0.39, 0.29) is 0 Å². The number of aliphatic hydroxyl groups excluding tert-OH is 1. The van der Waals surface area contributed by atoms with Gasteiger partial charge in [0.1, 0.15) is 23.7 Å². The molecule has 0 bridgehead atoms. The van der Waals surface area contributed by atoms with Crippen LogP contribution in [0.1, 0.15) is 31.1 Å². The van der Waals surface area contributed by atoms with Crippen LogP contribution in [0.25, 0.3) is 6.08 Å². The SMILES string of the molecule is C/C=C/c1cc(OC)cc(O[C@@H](C)[C@H](O)c2ccc(OC)c(OC)c2)c1. The van der Waals surface area contributed by atoms with Crippen LogP contribution in [-0.2, 0) is 0 Å². The zero-order chi connectivity index (χ0) is 19.1. The number of methoxy groups -OCH3 is 3. The quantitative estimate of drug-likeness (QED) is 0.765. The minimum Gasteiger partial charge on any atom is -0.497 e. The van der Waals surface area contributed by atoms with Crippen molar-refractivity contribution in [3.8, 4) is 23.0 Å². The fraction of sp³-hybridized carbons (Fsp3) is 0.333. The number of aliphatic hydroxyl groups is 1. The summed E-state index contributed by atoms with van der Waals surface area (Å²) < 4.78 is 21.8. The minimum atomic E-state index is -0.828. The number of ether oxygens (including phenoxy) is 4. The molecular weight excluding hydrogens is 332 g/mol. The highest BCUT2D eigenvalue weighted by Gasteiger charge is 2.20. The van der Waals surface area contributed by atoms with Gasteiger partial charge in [-0.25, -0.2) is 0 Å². The molecular formula is C21H26O5. The summed E-state index contributed by atoms with van der Waals surface area (Å²) in [5, 5.41) is 10.7. The van der Waals surface area contributed by atoms with Gasteiger partial charge in [-0.2, -0.15) is 0 Å². The maximum atomic E-state index is 10.7. The van der Waals surface area contributed by atoms with E-state index >= 15 is 0 Å². The van der Waals surface area contributed by atoms with Crippen molar-refractivity contribution in [1.29, 1.82) is 0 Å². The summed E-state index contributed by atoms with van der Waals surface area (Å²) in [6, 6.07) is 10.9. The van der Waals surface area contributed by atoms with E-state index in [0.29, 0.717) is 28.6 Å². The molecule has 0 aliphatic heterocycles. The number of benzene rings is 2. The highest BCUT2D eigenvalue weighted by molar-refractivity contribution is 5.55. The van der Waals surface area contributed by atoms with Crippen molar-refractivity contribution in [1.82, 2.24) is 0 Å². The van der Waals surface area contributed by atoms with Gasteiger partial charge in [0, 0.05) is 6.07 Å². The predicted octanol–water partition coefficient (Wildman–Crippen LogP) is 4.25. The number of hydrogen-bond acceptors (Lipinski definition) is 5. The van der Waals surface area contributed by atoms with E-state index in [9.17, 15) is 5.11 Å². The molecule has 0 aliphatic rings. The molecule has 0 unspecified atom stereocenters. The third kappa shape index (κ3) is 4.70. The molecule has 1 N–H and O–H groups in total. The second-order valence-electron chi connectivity index (χ2n) is 5.82. The van der Waals surface area contributed by atoms with Crippen LogP contribution >= 0.6 is 0 Å². The molecule has 0 saturated heterocycles. The van der Waals surface area contributed by atoms with E-state index in [4.69, 9.17) is 18.9 Å². The van der Waals surface area contributed by atoms with Crippen molar-refractivity contribution >= 4 is 6.08 Å². The molecule has 0 amide bonds. The molecule has 26 heavy (non-hydrogen) atoms. The van der Waals surface area contributed by atoms with E-state index in [1.54, 1.807) is 45.6 Å². The minimum absolute atomic E-state index is 0.473. The van der Waals surface area contributed by atoms with Crippen LogP contribution in [0.5, 0.6) is 23.0 Å². The molecule has 140 valence electrons. The Bertz CT molecular complexity index is 754. The van der Waals surface area contributed by atoms with Crippen LogP contribution in [0.4, 0.5) is 0 Å². The van der Waals surface area contributed by atoms with Gasteiger partial charge in [-0.3, -0.25) is 0 Å². The highest BCUT2D eigenvalue weighted by Crippen LogP contribution is 2.32. The zero-order valence-corrected chi connectivity index (χ0v) is 15.9. The molecule has 0 heterocycles. The largest absolute Gasteiger partial charge is 0.497 e. The van der Waals surface area contributed by atoms with Gasteiger partial charge in [0.15, 0.2) is 11.5 Å². The third-order valence-electron chi connectivity index (χ3n) is 4.01. The normalized spacial score (nSPS) is 13.3. The first-order valence-corrected chi connectivity index (χ1v) is 8.40. The topological polar surface area (TPSA) is 57.2 Å². The van der Waals surface area contributed by atoms with E-state index < -0.39 is 12.2 Å². The monoisotopic (exact) mass is 358 g/mol. The van der Waals surface area contributed by atoms with Crippen LogP contribution in [0.2, 0.25) is 0 Å². The van der Waals surface area contributed by atoms with Crippen LogP contribution in [0.15, 0.2) is 42.5 Å². The molecule has 2 atom stereocenters. The van der Waals surface area contributed by atoms with Gasteiger partial charge < -0.3 is 24.1 Å². The second-order valence-corrected chi connectivity index (χ2v) is 5.82. The second kappa shape index (κ2) is 9.15. The molecule has 5 heteroatoms. The Kier molecular flexibility index (Phi) is 6.92. The van der Waals surface area contributed by atoms with Crippen LogP contribution < -0.4 is 18.9 Å². The van der Waals surface area contributed by atoms with Crippen molar-refractivity contribution in [2.75, 3.05) is 21.3 Å². The lowest BCUT2D eigenvalue weighted by molar-refractivity contribution is 0.0464. The maximum absolute atomic E-state index is 10.7. The summed E-state index contributed by atoms with van der Waals surface area (Å²) in [4.78, 5) is 0. The fourth-order valence-electron chi connectivity index (χ4n) is 2.66. The lowest BCUT2D eigenvalue weighted by Gasteiger charge is -2.22. The molecule has 0 spiro atoms. The van der Waals surface area contributed by atoms with Gasteiger partial charge in [-0.1, -0.05) is 18.2 Å². The van der Waals surface area contributed by atoms with Gasteiger partial charge in [0.05, 0.1) is 21.3 Å². The molecule has 0 aliphatic carbocycles. The van der Waals surface area contributed by atoms with Gasteiger partial charge in [-0.15, -0.1) is 0 Å². The molecule has 0 radical (unpaired) electrons. The lowest BCUT2D eigenvalue weighted by Crippen LogP contribution is -2.21. The van der Waals surface area contributed by atoms with Gasteiger partial charge in [0.25, 0.3) is 0 Å². The average Bonchev–Trinajstić information content (AvgIpc) is 2.66. The molecule has 2 aromatic carbocycles. The Labute approximate surface area is 154 Å². The Morgan fingerprint density at radius 3 is 2.19 bits per heavy atom. The van der Waals surface area contributed by atoms with E-state index in [1.165, 1.54) is 0 Å². The Balaban J connectivity index is 2.21. The van der Waals surface area contributed by atoms with Crippen LogP contribution in [0.3, 0.4) is 0 Å². The van der Waals surface area contributed by atoms with Crippen molar-refractivity contribution < 1.29 is 24.1 Å². The van der Waals surface area contributed by atoms with E-state index in [2.05, 4.69) is 0 Å². The summed E-state index contributed by atoms with van der Waals surface area (Å²) in [5.41, 5.74) is 1.65. The Hall–Kier alpha value is -2.66. The van der Waals surface area contributed by atoms with Crippen molar-refractivity contribution in [3.63, 3.8) is 0 Å². The molecule has 0 saturated carbocycles. The fourth-order valence-corrected chi connectivity index (χ4v) is 2.66. The molecule has 0 fully saturated rings. The van der Waals surface area contributed by atoms with E-state index in [1.807, 2.05) is 38.1 Å². The third-order valence-corrected chi connectivity index (χ3v) is 4.01. The lowest BCUT2D eigenvalue weighted by atomic mass is 10.0. The first-order chi connectivity index (χ1) is 12.5. The highest BCUT2D eigenvalue weighted by atomic mass is 16.5. The molecule has 2 rings (SSSR count). The predicted molar refractivity (Wildman–Crippen MR) is 102 cm³/mol. The Morgan fingerprint density at radius 2 is 1.58 bits per heavy atom. The van der Waals surface area contributed by atoms with Crippen molar-refractivity contribution in [3.05, 3.63) is 53.6 Å². The van der Waals surface area contributed by atoms with Gasteiger partial charge in [-0.05, 0) is 49.2 Å². The summed E-state index contributed by atoms with van der Waals surface area (Å²) >= 11 is 0. The van der Waals surface area contributed by atoms with Crippen molar-refractivity contribution in [2.45, 2.75) is 26.1 Å². The smallest absolute Gasteiger partial charge is 0.161 e. The first kappa shape index (κ1) is 19.7.